The summed E-state index contributed by atoms with van der Waals surface area (Å²) in [6.07, 6.45) is 3.99. The van der Waals surface area contributed by atoms with Crippen molar-refractivity contribution in [2.24, 2.45) is 0 Å². The van der Waals surface area contributed by atoms with E-state index in [0.29, 0.717) is 6.04 Å². The minimum atomic E-state index is 0.324. The number of aromatic nitrogens is 2. The summed E-state index contributed by atoms with van der Waals surface area (Å²) in [5.41, 5.74) is 1.34. The molecule has 1 N–H and O–H groups in total. The Balaban J connectivity index is 2.07. The molecule has 0 spiro atoms. The molecule has 2 rings (SSSR count). The molecule has 0 amide bonds. The van der Waals surface area contributed by atoms with Crippen molar-refractivity contribution in [3.63, 3.8) is 0 Å². The van der Waals surface area contributed by atoms with E-state index in [1.165, 1.54) is 25.5 Å². The lowest BCUT2D eigenvalue weighted by Crippen LogP contribution is -2.23. The Morgan fingerprint density at radius 1 is 1.33 bits per heavy atom. The van der Waals surface area contributed by atoms with Crippen LogP contribution in [0.4, 0.5) is 0 Å². The lowest BCUT2D eigenvalue weighted by atomic mass is 10.1. The second-order valence-electron chi connectivity index (χ2n) is 4.16. The van der Waals surface area contributed by atoms with Gasteiger partial charge in [0.2, 0.25) is 0 Å². The molecule has 0 radical (unpaired) electrons. The Morgan fingerprint density at radius 3 is 2.72 bits per heavy atom. The Kier molecular flexibility index (Phi) is 5.52. The Morgan fingerprint density at radius 2 is 2.11 bits per heavy atom. The lowest BCUT2D eigenvalue weighted by molar-refractivity contribution is 0.536. The molecule has 0 saturated carbocycles. The number of hydrogen-bond acceptors (Lipinski definition) is 4. The van der Waals surface area contributed by atoms with E-state index < -0.39 is 0 Å². The van der Waals surface area contributed by atoms with Gasteiger partial charge in [0.15, 0.2) is 0 Å². The van der Waals surface area contributed by atoms with Gasteiger partial charge in [0, 0.05) is 9.61 Å². The molecule has 0 aliphatic heterocycles. The van der Waals surface area contributed by atoms with Gasteiger partial charge in [0.1, 0.15) is 0 Å². The molecule has 0 fully saturated rings. The number of halogens is 1. The van der Waals surface area contributed by atoms with Crippen molar-refractivity contribution in [1.82, 2.24) is 14.9 Å². The quantitative estimate of drug-likeness (QED) is 0.789. The maximum Gasteiger partial charge on any atom is 0.0669 e. The molecule has 1 unspecified atom stereocenters. The van der Waals surface area contributed by atoms with E-state index >= 15 is 0 Å². The fraction of sp³-hybridized carbons (Fsp3) is 0.385. The summed E-state index contributed by atoms with van der Waals surface area (Å²) in [4.78, 5) is 1.21. The fourth-order valence-corrected chi connectivity index (χ4v) is 2.71. The minimum absolute atomic E-state index is 0.324. The van der Waals surface area contributed by atoms with Crippen molar-refractivity contribution in [1.29, 1.82) is 0 Å². The first-order valence-corrected chi connectivity index (χ1v) is 7.90. The lowest BCUT2D eigenvalue weighted by Gasteiger charge is -2.16. The molecule has 0 bridgehead atoms. The fourth-order valence-electron chi connectivity index (χ4n) is 1.78. The first kappa shape index (κ1) is 13.9. The topological polar surface area (TPSA) is 37.8 Å². The molecule has 0 aliphatic rings. The summed E-state index contributed by atoms with van der Waals surface area (Å²) < 4.78 is 5.23. The monoisotopic (exact) mass is 373 g/mol. The largest absolute Gasteiger partial charge is 0.309 e. The van der Waals surface area contributed by atoms with E-state index in [1.54, 1.807) is 0 Å². The molecule has 1 aromatic heterocycles. The van der Waals surface area contributed by atoms with Crippen molar-refractivity contribution in [2.75, 3.05) is 6.54 Å². The van der Waals surface area contributed by atoms with E-state index in [4.69, 9.17) is 0 Å². The third-order valence-electron chi connectivity index (χ3n) is 2.72. The van der Waals surface area contributed by atoms with Gasteiger partial charge in [-0.1, -0.05) is 23.5 Å². The number of hydrogen-bond donors (Lipinski definition) is 1. The first-order valence-electron chi connectivity index (χ1n) is 6.04. The Bertz CT molecular complexity index is 456. The van der Waals surface area contributed by atoms with Gasteiger partial charge in [0.25, 0.3) is 0 Å². The van der Waals surface area contributed by atoms with Crippen LogP contribution in [0, 0.1) is 3.57 Å². The summed E-state index contributed by atoms with van der Waals surface area (Å²) in [5, 5.41) is 7.50. The molecule has 5 heteroatoms. The van der Waals surface area contributed by atoms with Crippen molar-refractivity contribution in [3.8, 4) is 0 Å². The summed E-state index contributed by atoms with van der Waals surface area (Å²) in [5.74, 6) is 0. The summed E-state index contributed by atoms with van der Waals surface area (Å²) >= 11 is 3.81. The molecule has 0 aliphatic carbocycles. The van der Waals surface area contributed by atoms with Crippen molar-refractivity contribution >= 4 is 34.1 Å². The van der Waals surface area contributed by atoms with Crippen molar-refractivity contribution in [3.05, 3.63) is 44.5 Å². The van der Waals surface area contributed by atoms with Crippen LogP contribution < -0.4 is 5.32 Å². The molecule has 1 heterocycles. The molecule has 3 nitrogen and oxygen atoms in total. The van der Waals surface area contributed by atoms with Crippen molar-refractivity contribution in [2.45, 2.75) is 25.8 Å². The molecule has 96 valence electrons. The molecule has 2 aromatic rings. The standard InChI is InChI=1S/C13H16IN3S/c1-2-7-15-12(13-9-16-17-18-13)8-10-3-5-11(14)6-4-10/h3-6,9,12,15H,2,7-8H2,1H3. The molecule has 18 heavy (non-hydrogen) atoms. The zero-order chi connectivity index (χ0) is 12.8. The van der Waals surface area contributed by atoms with Crippen LogP contribution in [0.25, 0.3) is 0 Å². The van der Waals surface area contributed by atoms with Crippen LogP contribution >= 0.6 is 34.1 Å². The van der Waals surface area contributed by atoms with E-state index in [1.807, 2.05) is 6.20 Å². The molecule has 1 aromatic carbocycles. The normalized spacial score (nSPS) is 12.6. The highest BCUT2D eigenvalue weighted by Crippen LogP contribution is 2.21. The zero-order valence-electron chi connectivity index (χ0n) is 10.3. The molecule has 1 atom stereocenters. The van der Waals surface area contributed by atoms with Gasteiger partial charge in [0.05, 0.1) is 11.1 Å². The van der Waals surface area contributed by atoms with Gasteiger partial charge in [-0.25, -0.2) is 0 Å². The number of benzene rings is 1. The highest BCUT2D eigenvalue weighted by atomic mass is 127. The Labute approximate surface area is 125 Å². The Hall–Kier alpha value is -0.530. The smallest absolute Gasteiger partial charge is 0.0669 e. The average molecular weight is 373 g/mol. The van der Waals surface area contributed by atoms with Gasteiger partial charge in [-0.2, -0.15) is 0 Å². The van der Waals surface area contributed by atoms with Crippen molar-refractivity contribution < 1.29 is 0 Å². The highest BCUT2D eigenvalue weighted by molar-refractivity contribution is 14.1. The van der Waals surface area contributed by atoms with Gasteiger partial charge >= 0.3 is 0 Å². The first-order chi connectivity index (χ1) is 8.79. The third kappa shape index (κ3) is 4.00. The van der Waals surface area contributed by atoms with E-state index in [9.17, 15) is 0 Å². The minimum Gasteiger partial charge on any atom is -0.309 e. The van der Waals surface area contributed by atoms with Crippen LogP contribution in [0.3, 0.4) is 0 Å². The third-order valence-corrected chi connectivity index (χ3v) is 4.21. The number of rotatable bonds is 6. The second kappa shape index (κ2) is 7.16. The van der Waals surface area contributed by atoms with Crippen LogP contribution in [-0.4, -0.2) is 16.1 Å². The van der Waals surface area contributed by atoms with E-state index in [-0.39, 0.29) is 0 Å². The predicted molar refractivity (Wildman–Crippen MR) is 83.8 cm³/mol. The van der Waals surface area contributed by atoms with Crippen LogP contribution in [0.2, 0.25) is 0 Å². The second-order valence-corrected chi connectivity index (χ2v) is 6.22. The van der Waals surface area contributed by atoms with E-state index in [2.05, 4.69) is 68.7 Å². The highest BCUT2D eigenvalue weighted by Gasteiger charge is 2.13. The number of nitrogens with one attached hydrogen (secondary N) is 1. The van der Waals surface area contributed by atoms with Gasteiger partial charge in [-0.15, -0.1) is 5.10 Å². The zero-order valence-corrected chi connectivity index (χ0v) is 13.2. The van der Waals surface area contributed by atoms with Crippen LogP contribution in [0.5, 0.6) is 0 Å². The summed E-state index contributed by atoms with van der Waals surface area (Å²) in [6.45, 7) is 3.20. The molecule has 0 saturated heterocycles. The van der Waals surface area contributed by atoms with Gasteiger partial charge in [-0.3, -0.25) is 0 Å². The molecular formula is C13H16IN3S. The molecular weight excluding hydrogens is 357 g/mol. The summed E-state index contributed by atoms with van der Waals surface area (Å²) in [7, 11) is 0. The predicted octanol–water partition coefficient (Wildman–Crippen LogP) is 3.43. The van der Waals surface area contributed by atoms with Crippen LogP contribution in [-0.2, 0) is 6.42 Å². The van der Waals surface area contributed by atoms with Gasteiger partial charge in [-0.05, 0) is 71.2 Å². The SMILES string of the molecule is CCCNC(Cc1ccc(I)cc1)c1cnns1. The average Bonchev–Trinajstić information content (AvgIpc) is 2.90. The van der Waals surface area contributed by atoms with E-state index in [0.717, 1.165) is 19.4 Å². The maximum atomic E-state index is 3.96. The van der Waals surface area contributed by atoms with Crippen LogP contribution in [0.15, 0.2) is 30.5 Å². The maximum absolute atomic E-state index is 3.96. The number of nitrogens with zero attached hydrogens (tertiary/aromatic N) is 2. The summed E-state index contributed by atoms with van der Waals surface area (Å²) in [6, 6.07) is 9.01. The van der Waals surface area contributed by atoms with Crippen LogP contribution in [0.1, 0.15) is 29.8 Å². The van der Waals surface area contributed by atoms with Gasteiger partial charge < -0.3 is 5.32 Å².